The van der Waals surface area contributed by atoms with Crippen molar-refractivity contribution in [3.63, 3.8) is 0 Å². The van der Waals surface area contributed by atoms with Crippen LogP contribution in [0.5, 0.6) is 0 Å². The van der Waals surface area contributed by atoms with Crippen molar-refractivity contribution in [3.8, 4) is 0 Å². The molecule has 0 saturated carbocycles. The predicted molar refractivity (Wildman–Crippen MR) is 94.0 cm³/mol. The fourth-order valence-corrected chi connectivity index (χ4v) is 3.54. The number of hydrogen-bond acceptors (Lipinski definition) is 5. The minimum Gasteiger partial charge on any atom is -0.329 e. The standard InChI is InChI=1S/C18H13F4N3O3S/c1-29(27,14-4-2-3-13(19)10-14)25-16(26)12-7-5-11(6-8-12)9-15-23-17(28-24-15)18(20,21)22/h2-8,10H,9H2,1H3. The molecule has 0 bridgehead atoms. The van der Waals surface area contributed by atoms with E-state index < -0.39 is 33.5 Å². The summed E-state index contributed by atoms with van der Waals surface area (Å²) in [4.78, 5) is 15.6. The fraction of sp³-hybridized carbons (Fsp3) is 0.167. The normalized spacial score (nSPS) is 13.7. The molecule has 0 saturated heterocycles. The second-order valence-corrected chi connectivity index (χ2v) is 8.30. The Morgan fingerprint density at radius 1 is 1.17 bits per heavy atom. The van der Waals surface area contributed by atoms with Crippen LogP contribution in [0.3, 0.4) is 0 Å². The summed E-state index contributed by atoms with van der Waals surface area (Å²) >= 11 is 0. The maximum Gasteiger partial charge on any atom is 0.471 e. The number of aromatic nitrogens is 2. The van der Waals surface area contributed by atoms with Crippen LogP contribution >= 0.6 is 0 Å². The highest BCUT2D eigenvalue weighted by Crippen LogP contribution is 2.27. The van der Waals surface area contributed by atoms with Crippen LogP contribution in [0, 0.1) is 5.82 Å². The van der Waals surface area contributed by atoms with Gasteiger partial charge in [0.05, 0.1) is 14.6 Å². The Balaban J connectivity index is 1.77. The number of alkyl halides is 3. The van der Waals surface area contributed by atoms with Gasteiger partial charge in [0.2, 0.25) is 0 Å². The molecule has 1 aromatic heterocycles. The Hall–Kier alpha value is -3.08. The molecule has 0 fully saturated rings. The molecule has 3 aromatic rings. The highest BCUT2D eigenvalue weighted by Gasteiger charge is 2.38. The Kier molecular flexibility index (Phi) is 5.51. The van der Waals surface area contributed by atoms with Gasteiger partial charge in [-0.2, -0.15) is 22.5 Å². The summed E-state index contributed by atoms with van der Waals surface area (Å²) in [6.07, 6.45) is -3.54. The lowest BCUT2D eigenvalue weighted by Crippen LogP contribution is -2.05. The topological polar surface area (TPSA) is 85.4 Å². The van der Waals surface area contributed by atoms with Gasteiger partial charge < -0.3 is 4.52 Å². The first kappa shape index (κ1) is 20.6. The summed E-state index contributed by atoms with van der Waals surface area (Å²) in [5.74, 6) is -2.97. The van der Waals surface area contributed by atoms with Gasteiger partial charge in [-0.1, -0.05) is 23.4 Å². The van der Waals surface area contributed by atoms with Gasteiger partial charge in [-0.3, -0.25) is 4.79 Å². The summed E-state index contributed by atoms with van der Waals surface area (Å²) in [6.45, 7) is 0. The zero-order valence-corrected chi connectivity index (χ0v) is 15.6. The third-order valence-electron chi connectivity index (χ3n) is 3.76. The second-order valence-electron chi connectivity index (χ2n) is 6.04. The Morgan fingerprint density at radius 3 is 2.45 bits per heavy atom. The second kappa shape index (κ2) is 7.74. The number of hydrogen-bond donors (Lipinski definition) is 0. The van der Waals surface area contributed by atoms with Gasteiger partial charge in [0, 0.05) is 18.2 Å². The minimum absolute atomic E-state index is 0.0427. The molecule has 1 atom stereocenters. The van der Waals surface area contributed by atoms with E-state index in [1.807, 2.05) is 0 Å². The number of amides is 1. The average Bonchev–Trinajstić information content (AvgIpc) is 3.11. The Labute approximate surface area is 162 Å². The zero-order valence-electron chi connectivity index (χ0n) is 14.8. The predicted octanol–water partition coefficient (Wildman–Crippen LogP) is 4.12. The molecule has 0 spiro atoms. The molecule has 6 nitrogen and oxygen atoms in total. The van der Waals surface area contributed by atoms with Gasteiger partial charge in [0.25, 0.3) is 5.91 Å². The number of halogens is 4. The van der Waals surface area contributed by atoms with E-state index in [1.54, 1.807) is 0 Å². The third-order valence-corrected chi connectivity index (χ3v) is 5.41. The lowest BCUT2D eigenvalue weighted by molar-refractivity contribution is -0.159. The van der Waals surface area contributed by atoms with Crippen LogP contribution in [-0.2, 0) is 22.3 Å². The first-order valence-corrected chi connectivity index (χ1v) is 9.98. The van der Waals surface area contributed by atoms with Crippen LogP contribution in [0.1, 0.15) is 27.6 Å². The van der Waals surface area contributed by atoms with Gasteiger partial charge in [0.15, 0.2) is 5.82 Å². The molecule has 0 aliphatic carbocycles. The molecule has 0 aliphatic rings. The molecular formula is C18H13F4N3O3S. The lowest BCUT2D eigenvalue weighted by atomic mass is 10.1. The van der Waals surface area contributed by atoms with Crippen LogP contribution in [-0.4, -0.2) is 26.5 Å². The van der Waals surface area contributed by atoms with E-state index in [-0.39, 0.29) is 22.7 Å². The van der Waals surface area contributed by atoms with Gasteiger partial charge in [-0.25, -0.2) is 8.60 Å². The molecule has 1 amide bonds. The number of carbonyl (C=O) groups is 1. The average molecular weight is 427 g/mol. The Morgan fingerprint density at radius 2 is 1.86 bits per heavy atom. The van der Waals surface area contributed by atoms with Crippen molar-refractivity contribution < 1.29 is 31.1 Å². The summed E-state index contributed by atoms with van der Waals surface area (Å²) in [5.41, 5.74) is 0.641. The summed E-state index contributed by atoms with van der Waals surface area (Å²) < 4.78 is 71.2. The third kappa shape index (κ3) is 5.05. The number of nitrogens with zero attached hydrogens (tertiary/aromatic N) is 3. The maximum absolute atomic E-state index is 13.3. The highest BCUT2D eigenvalue weighted by atomic mass is 32.2. The zero-order chi connectivity index (χ0) is 21.2. The van der Waals surface area contributed by atoms with Crippen molar-refractivity contribution in [1.82, 2.24) is 10.1 Å². The van der Waals surface area contributed by atoms with Gasteiger partial charge in [0.1, 0.15) is 5.82 Å². The largest absolute Gasteiger partial charge is 0.471 e. The molecule has 11 heteroatoms. The minimum atomic E-state index is -4.72. The van der Waals surface area contributed by atoms with E-state index in [1.165, 1.54) is 48.7 Å². The lowest BCUT2D eigenvalue weighted by Gasteiger charge is -2.05. The van der Waals surface area contributed by atoms with Crippen molar-refractivity contribution >= 4 is 15.6 Å². The molecule has 0 N–H and O–H groups in total. The van der Waals surface area contributed by atoms with E-state index in [0.29, 0.717) is 5.56 Å². The molecule has 3 rings (SSSR count). The van der Waals surface area contributed by atoms with Crippen LogP contribution in [0.2, 0.25) is 0 Å². The number of benzene rings is 2. The van der Waals surface area contributed by atoms with Gasteiger partial charge in [-0.15, -0.1) is 0 Å². The van der Waals surface area contributed by atoms with E-state index in [0.717, 1.165) is 6.07 Å². The van der Waals surface area contributed by atoms with Crippen LogP contribution in [0.15, 0.2) is 62.3 Å². The molecule has 1 unspecified atom stereocenters. The molecule has 0 aliphatic heterocycles. The summed E-state index contributed by atoms with van der Waals surface area (Å²) in [6, 6.07) is 10.7. The molecule has 2 aromatic carbocycles. The van der Waals surface area contributed by atoms with Crippen molar-refractivity contribution in [3.05, 3.63) is 77.2 Å². The monoisotopic (exact) mass is 427 g/mol. The van der Waals surface area contributed by atoms with Crippen molar-refractivity contribution in [2.24, 2.45) is 4.36 Å². The van der Waals surface area contributed by atoms with Gasteiger partial charge in [-0.05, 0) is 35.9 Å². The van der Waals surface area contributed by atoms with E-state index in [2.05, 4.69) is 19.0 Å². The van der Waals surface area contributed by atoms with E-state index in [9.17, 15) is 26.6 Å². The van der Waals surface area contributed by atoms with Crippen molar-refractivity contribution in [2.75, 3.05) is 6.26 Å². The van der Waals surface area contributed by atoms with Gasteiger partial charge >= 0.3 is 12.1 Å². The summed E-state index contributed by atoms with van der Waals surface area (Å²) in [5, 5.41) is 3.26. The van der Waals surface area contributed by atoms with E-state index >= 15 is 0 Å². The molecule has 29 heavy (non-hydrogen) atoms. The van der Waals surface area contributed by atoms with Crippen LogP contribution in [0.25, 0.3) is 0 Å². The van der Waals surface area contributed by atoms with Crippen molar-refractivity contribution in [2.45, 2.75) is 17.5 Å². The molecule has 0 radical (unpaired) electrons. The SMILES string of the molecule is CS(=O)(=NC(=O)c1ccc(Cc2noc(C(F)(F)F)n2)cc1)c1cccc(F)c1. The van der Waals surface area contributed by atoms with Crippen molar-refractivity contribution in [1.29, 1.82) is 0 Å². The first-order valence-electron chi connectivity index (χ1n) is 8.05. The quantitative estimate of drug-likeness (QED) is 0.585. The van der Waals surface area contributed by atoms with E-state index in [4.69, 9.17) is 0 Å². The fourth-order valence-electron chi connectivity index (χ4n) is 2.35. The molecular weight excluding hydrogens is 414 g/mol. The molecule has 152 valence electrons. The first-order chi connectivity index (χ1) is 13.5. The highest BCUT2D eigenvalue weighted by molar-refractivity contribution is 7.93. The smallest absolute Gasteiger partial charge is 0.329 e. The van der Waals surface area contributed by atoms with Crippen LogP contribution < -0.4 is 0 Å². The van der Waals surface area contributed by atoms with Crippen LogP contribution in [0.4, 0.5) is 17.6 Å². The number of carbonyl (C=O) groups excluding carboxylic acids is 1. The molecule has 1 heterocycles. The number of rotatable bonds is 4. The maximum atomic E-state index is 13.3. The Bertz CT molecular complexity index is 1160. The summed E-state index contributed by atoms with van der Waals surface area (Å²) in [7, 11) is -3.15.